The van der Waals surface area contributed by atoms with Gasteiger partial charge in [-0.3, -0.25) is 14.9 Å². The van der Waals surface area contributed by atoms with Crippen LogP contribution in [-0.2, 0) is 0 Å². The molecule has 3 N–H and O–H groups in total. The Hall–Kier alpha value is -3.09. The number of benzene rings is 2. The van der Waals surface area contributed by atoms with E-state index in [0.717, 1.165) is 0 Å². The van der Waals surface area contributed by atoms with E-state index in [4.69, 9.17) is 10.5 Å². The number of nitro groups is 1. The Morgan fingerprint density at radius 2 is 1.90 bits per heavy atom. The van der Waals surface area contributed by atoms with Crippen molar-refractivity contribution in [1.82, 2.24) is 0 Å². The van der Waals surface area contributed by atoms with Crippen molar-refractivity contribution < 1.29 is 14.5 Å². The minimum absolute atomic E-state index is 0.136. The number of amides is 1. The molecule has 2 aromatic rings. The molecule has 108 valence electrons. The summed E-state index contributed by atoms with van der Waals surface area (Å²) in [4.78, 5) is 22.3. The molecule has 0 aromatic heterocycles. The third kappa shape index (κ3) is 3.27. The summed E-state index contributed by atoms with van der Waals surface area (Å²) in [6, 6.07) is 10.4. The highest BCUT2D eigenvalue weighted by atomic mass is 16.6. The summed E-state index contributed by atoms with van der Waals surface area (Å²) in [5, 5.41) is 13.4. The summed E-state index contributed by atoms with van der Waals surface area (Å²) in [6.07, 6.45) is 0. The zero-order chi connectivity index (χ0) is 15.4. The topological polar surface area (TPSA) is 107 Å². The molecule has 21 heavy (non-hydrogen) atoms. The Morgan fingerprint density at radius 3 is 2.48 bits per heavy atom. The van der Waals surface area contributed by atoms with Crippen molar-refractivity contribution in [1.29, 1.82) is 0 Å². The summed E-state index contributed by atoms with van der Waals surface area (Å²) < 4.78 is 5.03. The third-order valence-corrected chi connectivity index (χ3v) is 2.81. The van der Waals surface area contributed by atoms with Gasteiger partial charge in [0, 0.05) is 17.4 Å². The fraction of sp³-hybridized carbons (Fsp3) is 0.0714. The molecule has 0 saturated heterocycles. The zero-order valence-electron chi connectivity index (χ0n) is 11.2. The molecule has 0 saturated carbocycles. The van der Waals surface area contributed by atoms with Gasteiger partial charge >= 0.3 is 0 Å². The van der Waals surface area contributed by atoms with E-state index in [9.17, 15) is 14.9 Å². The number of carbonyl (C=O) groups excluding carboxylic acids is 1. The first-order valence-electron chi connectivity index (χ1n) is 6.00. The molecule has 7 heteroatoms. The van der Waals surface area contributed by atoms with Crippen molar-refractivity contribution in [2.45, 2.75) is 0 Å². The third-order valence-electron chi connectivity index (χ3n) is 2.81. The van der Waals surface area contributed by atoms with E-state index in [0.29, 0.717) is 11.4 Å². The molecule has 0 aliphatic heterocycles. The SMILES string of the molecule is COc1cc([N+](=O)[O-])ccc1C(=O)Nc1ccc(N)cc1. The predicted octanol–water partition coefficient (Wildman–Crippen LogP) is 2.44. The molecule has 7 nitrogen and oxygen atoms in total. The normalized spacial score (nSPS) is 9.95. The van der Waals surface area contributed by atoms with Crippen LogP contribution in [0.4, 0.5) is 17.1 Å². The number of hydrogen-bond donors (Lipinski definition) is 2. The van der Waals surface area contributed by atoms with Crippen LogP contribution in [0.2, 0.25) is 0 Å². The van der Waals surface area contributed by atoms with E-state index in [1.54, 1.807) is 24.3 Å². The largest absolute Gasteiger partial charge is 0.496 e. The number of carbonyl (C=O) groups is 1. The number of nitrogens with one attached hydrogen (secondary N) is 1. The van der Waals surface area contributed by atoms with E-state index < -0.39 is 10.8 Å². The van der Waals surface area contributed by atoms with Gasteiger partial charge in [0.05, 0.1) is 23.7 Å². The Morgan fingerprint density at radius 1 is 1.24 bits per heavy atom. The lowest BCUT2D eigenvalue weighted by atomic mass is 10.1. The van der Waals surface area contributed by atoms with Crippen molar-refractivity contribution in [3.05, 3.63) is 58.1 Å². The maximum atomic E-state index is 12.2. The van der Waals surface area contributed by atoms with Gasteiger partial charge in [0.25, 0.3) is 11.6 Å². The van der Waals surface area contributed by atoms with E-state index in [2.05, 4.69) is 5.32 Å². The predicted molar refractivity (Wildman–Crippen MR) is 78.5 cm³/mol. The van der Waals surface area contributed by atoms with Gasteiger partial charge < -0.3 is 15.8 Å². The smallest absolute Gasteiger partial charge is 0.273 e. The van der Waals surface area contributed by atoms with Crippen LogP contribution < -0.4 is 15.8 Å². The second-order valence-electron chi connectivity index (χ2n) is 4.22. The first kappa shape index (κ1) is 14.3. The summed E-state index contributed by atoms with van der Waals surface area (Å²) >= 11 is 0. The van der Waals surface area contributed by atoms with Crippen LogP contribution >= 0.6 is 0 Å². The Balaban J connectivity index is 2.26. The first-order chi connectivity index (χ1) is 10.0. The molecule has 0 bridgehead atoms. The number of hydrogen-bond acceptors (Lipinski definition) is 5. The standard InChI is InChI=1S/C14H13N3O4/c1-21-13-8-11(17(19)20)6-7-12(13)14(18)16-10-4-2-9(15)3-5-10/h2-8H,15H2,1H3,(H,16,18). The Kier molecular flexibility index (Phi) is 4.03. The number of rotatable bonds is 4. The van der Waals surface area contributed by atoms with Crippen LogP contribution in [0, 0.1) is 10.1 Å². The second-order valence-corrected chi connectivity index (χ2v) is 4.22. The lowest BCUT2D eigenvalue weighted by molar-refractivity contribution is -0.384. The van der Waals surface area contributed by atoms with Gasteiger partial charge in [0.2, 0.25) is 0 Å². The fourth-order valence-corrected chi connectivity index (χ4v) is 1.75. The quantitative estimate of drug-likeness (QED) is 0.510. The minimum Gasteiger partial charge on any atom is -0.496 e. The van der Waals surface area contributed by atoms with Crippen LogP contribution in [0.25, 0.3) is 0 Å². The van der Waals surface area contributed by atoms with E-state index in [1.807, 2.05) is 0 Å². The van der Waals surface area contributed by atoms with Gasteiger partial charge in [-0.05, 0) is 30.3 Å². The highest BCUT2D eigenvalue weighted by Gasteiger charge is 2.16. The van der Waals surface area contributed by atoms with Gasteiger partial charge in [0.15, 0.2) is 0 Å². The monoisotopic (exact) mass is 287 g/mol. The van der Waals surface area contributed by atoms with Crippen molar-refractivity contribution >= 4 is 23.0 Å². The minimum atomic E-state index is -0.551. The van der Waals surface area contributed by atoms with Crippen LogP contribution in [0.5, 0.6) is 5.75 Å². The van der Waals surface area contributed by atoms with Gasteiger partial charge in [0.1, 0.15) is 5.75 Å². The van der Waals surface area contributed by atoms with Crippen LogP contribution in [0.15, 0.2) is 42.5 Å². The fourth-order valence-electron chi connectivity index (χ4n) is 1.75. The molecule has 2 rings (SSSR count). The maximum absolute atomic E-state index is 12.2. The van der Waals surface area contributed by atoms with E-state index in [1.165, 1.54) is 25.3 Å². The number of nitrogens with two attached hydrogens (primary N) is 1. The molecule has 2 aromatic carbocycles. The number of anilines is 2. The summed E-state index contributed by atoms with van der Waals surface area (Å²) in [5.74, 6) is -0.288. The molecular formula is C14H13N3O4. The Labute approximate surface area is 120 Å². The summed E-state index contributed by atoms with van der Waals surface area (Å²) in [7, 11) is 1.35. The second kappa shape index (κ2) is 5.91. The number of non-ortho nitro benzene ring substituents is 1. The number of nitrogen functional groups attached to an aromatic ring is 1. The number of methoxy groups -OCH3 is 1. The van der Waals surface area contributed by atoms with Crippen molar-refractivity contribution in [3.63, 3.8) is 0 Å². The summed E-state index contributed by atoms with van der Waals surface area (Å²) in [6.45, 7) is 0. The summed E-state index contributed by atoms with van der Waals surface area (Å²) in [5.41, 5.74) is 6.78. The van der Waals surface area contributed by atoms with Crippen molar-refractivity contribution in [2.24, 2.45) is 0 Å². The van der Waals surface area contributed by atoms with Gasteiger partial charge in [-0.25, -0.2) is 0 Å². The van der Waals surface area contributed by atoms with E-state index >= 15 is 0 Å². The molecule has 0 unspecified atom stereocenters. The average molecular weight is 287 g/mol. The van der Waals surface area contributed by atoms with E-state index in [-0.39, 0.29) is 17.0 Å². The molecule has 0 fully saturated rings. The number of nitro benzene ring substituents is 1. The molecule has 0 heterocycles. The number of nitrogens with zero attached hydrogens (tertiary/aromatic N) is 1. The highest BCUT2D eigenvalue weighted by molar-refractivity contribution is 6.06. The molecule has 0 aliphatic rings. The highest BCUT2D eigenvalue weighted by Crippen LogP contribution is 2.25. The van der Waals surface area contributed by atoms with Crippen molar-refractivity contribution in [3.8, 4) is 5.75 Å². The van der Waals surface area contributed by atoms with Crippen LogP contribution in [-0.4, -0.2) is 17.9 Å². The van der Waals surface area contributed by atoms with Gasteiger partial charge in [-0.15, -0.1) is 0 Å². The lowest BCUT2D eigenvalue weighted by Gasteiger charge is -2.09. The Bertz CT molecular complexity index is 683. The molecule has 0 atom stereocenters. The van der Waals surface area contributed by atoms with Crippen LogP contribution in [0.3, 0.4) is 0 Å². The molecule has 0 spiro atoms. The molecular weight excluding hydrogens is 274 g/mol. The van der Waals surface area contributed by atoms with Gasteiger partial charge in [-0.2, -0.15) is 0 Å². The molecule has 1 amide bonds. The maximum Gasteiger partial charge on any atom is 0.273 e. The van der Waals surface area contributed by atoms with Gasteiger partial charge in [-0.1, -0.05) is 0 Å². The zero-order valence-corrected chi connectivity index (χ0v) is 11.2. The van der Waals surface area contributed by atoms with Crippen molar-refractivity contribution in [2.75, 3.05) is 18.2 Å². The molecule has 0 aliphatic carbocycles. The molecule has 0 radical (unpaired) electrons. The lowest BCUT2D eigenvalue weighted by Crippen LogP contribution is -2.13. The van der Waals surface area contributed by atoms with Crippen LogP contribution in [0.1, 0.15) is 10.4 Å². The average Bonchev–Trinajstić information content (AvgIpc) is 2.48. The first-order valence-corrected chi connectivity index (χ1v) is 6.00. The number of ether oxygens (including phenoxy) is 1.